The number of carbonyl (C=O) groups is 1. The molecular weight excluding hydrogens is 436 g/mol. The Bertz CT molecular complexity index is 1250. The molecule has 34 heavy (non-hydrogen) atoms. The third-order valence-corrected chi connectivity index (χ3v) is 6.54. The minimum atomic E-state index is -0.355. The van der Waals surface area contributed by atoms with Gasteiger partial charge in [0.1, 0.15) is 11.3 Å². The zero-order chi connectivity index (χ0) is 23.5. The number of hydrogen-bond acceptors (Lipinski definition) is 7. The molecule has 1 fully saturated rings. The maximum atomic E-state index is 12.7. The molecule has 1 aliphatic carbocycles. The van der Waals surface area contributed by atoms with Crippen LogP contribution in [0.2, 0.25) is 0 Å². The average Bonchev–Trinajstić information content (AvgIpc) is 3.32. The molecular formula is C26H28N2O6. The van der Waals surface area contributed by atoms with Crippen molar-refractivity contribution in [1.82, 2.24) is 10.6 Å². The minimum absolute atomic E-state index is 0.0262. The lowest BCUT2D eigenvalue weighted by molar-refractivity contribution is 0.0894. The third kappa shape index (κ3) is 4.87. The summed E-state index contributed by atoms with van der Waals surface area (Å²) >= 11 is 0. The number of methoxy groups -OCH3 is 1. The Labute approximate surface area is 197 Å². The highest BCUT2D eigenvalue weighted by Crippen LogP contribution is 2.32. The Morgan fingerprint density at radius 3 is 2.68 bits per heavy atom. The van der Waals surface area contributed by atoms with Gasteiger partial charge in [0, 0.05) is 24.7 Å². The van der Waals surface area contributed by atoms with Crippen LogP contribution in [0.4, 0.5) is 0 Å². The second-order valence-electron chi connectivity index (χ2n) is 8.85. The van der Waals surface area contributed by atoms with Crippen LogP contribution in [-0.2, 0) is 6.54 Å². The molecule has 0 atom stereocenters. The fraction of sp³-hybridized carbons (Fsp3) is 0.385. The maximum absolute atomic E-state index is 12.7. The van der Waals surface area contributed by atoms with Crippen molar-refractivity contribution in [2.24, 2.45) is 5.92 Å². The topological polar surface area (TPSA) is 99.0 Å². The SMILES string of the molecule is COc1ccc2c(=O)cc(C(=O)NC3CCC(CNCc4ccc5c(c4)OCO5)CC3)oc2c1. The number of rotatable bonds is 7. The van der Waals surface area contributed by atoms with Gasteiger partial charge >= 0.3 is 0 Å². The molecule has 2 aromatic carbocycles. The second kappa shape index (κ2) is 9.77. The van der Waals surface area contributed by atoms with E-state index in [0.29, 0.717) is 22.6 Å². The van der Waals surface area contributed by atoms with E-state index in [0.717, 1.165) is 50.3 Å². The Balaban J connectivity index is 1.10. The van der Waals surface area contributed by atoms with Crippen LogP contribution in [0.25, 0.3) is 11.0 Å². The molecule has 1 saturated carbocycles. The molecule has 178 valence electrons. The lowest BCUT2D eigenvalue weighted by Gasteiger charge is -2.29. The van der Waals surface area contributed by atoms with Crippen molar-refractivity contribution in [2.45, 2.75) is 38.3 Å². The first kappa shape index (κ1) is 22.3. The van der Waals surface area contributed by atoms with Gasteiger partial charge in [0.25, 0.3) is 5.91 Å². The molecule has 0 bridgehead atoms. The smallest absolute Gasteiger partial charge is 0.287 e. The first-order valence-corrected chi connectivity index (χ1v) is 11.6. The predicted octanol–water partition coefficient (Wildman–Crippen LogP) is 3.61. The molecule has 2 aliphatic rings. The number of hydrogen-bond donors (Lipinski definition) is 2. The van der Waals surface area contributed by atoms with E-state index < -0.39 is 0 Å². The van der Waals surface area contributed by atoms with E-state index in [-0.39, 0.29) is 29.9 Å². The average molecular weight is 465 g/mol. The Hall–Kier alpha value is -3.52. The second-order valence-corrected chi connectivity index (χ2v) is 8.85. The molecule has 0 unspecified atom stereocenters. The molecule has 1 amide bonds. The highest BCUT2D eigenvalue weighted by molar-refractivity contribution is 5.93. The molecule has 0 saturated heterocycles. The maximum Gasteiger partial charge on any atom is 0.287 e. The van der Waals surface area contributed by atoms with Gasteiger partial charge in [0.2, 0.25) is 6.79 Å². The summed E-state index contributed by atoms with van der Waals surface area (Å²) in [6, 6.07) is 12.3. The number of amides is 1. The molecule has 0 radical (unpaired) electrons. The van der Waals surface area contributed by atoms with Crippen LogP contribution < -0.4 is 30.3 Å². The van der Waals surface area contributed by atoms with E-state index >= 15 is 0 Å². The summed E-state index contributed by atoms with van der Waals surface area (Å²) in [6.07, 6.45) is 3.84. The van der Waals surface area contributed by atoms with Crippen LogP contribution in [0.15, 0.2) is 51.7 Å². The lowest BCUT2D eigenvalue weighted by atomic mass is 9.86. The molecule has 0 spiro atoms. The van der Waals surface area contributed by atoms with Crippen LogP contribution in [0.5, 0.6) is 17.2 Å². The van der Waals surface area contributed by atoms with E-state index in [1.807, 2.05) is 18.2 Å². The van der Waals surface area contributed by atoms with Crippen molar-refractivity contribution in [3.8, 4) is 17.2 Å². The summed E-state index contributed by atoms with van der Waals surface area (Å²) < 4.78 is 21.7. The fourth-order valence-electron chi connectivity index (χ4n) is 4.61. The van der Waals surface area contributed by atoms with Gasteiger partial charge in [-0.25, -0.2) is 0 Å². The molecule has 1 aliphatic heterocycles. The summed E-state index contributed by atoms with van der Waals surface area (Å²) in [5, 5.41) is 6.99. The number of nitrogens with one attached hydrogen (secondary N) is 2. The molecule has 8 nitrogen and oxygen atoms in total. The molecule has 1 aromatic heterocycles. The van der Waals surface area contributed by atoms with E-state index in [9.17, 15) is 9.59 Å². The monoisotopic (exact) mass is 464 g/mol. The normalized spacial score (nSPS) is 19.2. The van der Waals surface area contributed by atoms with Crippen molar-refractivity contribution in [3.63, 3.8) is 0 Å². The third-order valence-electron chi connectivity index (χ3n) is 6.54. The van der Waals surface area contributed by atoms with Crippen molar-refractivity contribution in [1.29, 1.82) is 0 Å². The van der Waals surface area contributed by atoms with Crippen molar-refractivity contribution < 1.29 is 23.4 Å². The van der Waals surface area contributed by atoms with Crippen LogP contribution >= 0.6 is 0 Å². The first-order chi connectivity index (χ1) is 16.6. The van der Waals surface area contributed by atoms with Gasteiger partial charge in [-0.2, -0.15) is 0 Å². The van der Waals surface area contributed by atoms with Gasteiger partial charge in [-0.15, -0.1) is 0 Å². The van der Waals surface area contributed by atoms with Gasteiger partial charge in [-0.1, -0.05) is 6.07 Å². The van der Waals surface area contributed by atoms with E-state index in [4.69, 9.17) is 18.6 Å². The summed E-state index contributed by atoms with van der Waals surface area (Å²) in [7, 11) is 1.54. The number of carbonyl (C=O) groups excluding carboxylic acids is 1. The number of ether oxygens (including phenoxy) is 3. The number of fused-ring (bicyclic) bond motifs is 2. The highest BCUT2D eigenvalue weighted by atomic mass is 16.7. The van der Waals surface area contributed by atoms with Crippen LogP contribution in [0.1, 0.15) is 41.8 Å². The fourth-order valence-corrected chi connectivity index (χ4v) is 4.61. The molecule has 3 aromatic rings. The molecule has 5 rings (SSSR count). The Morgan fingerprint density at radius 1 is 1.03 bits per heavy atom. The van der Waals surface area contributed by atoms with Crippen molar-refractivity contribution in [3.05, 3.63) is 64.0 Å². The van der Waals surface area contributed by atoms with E-state index in [1.165, 1.54) is 11.6 Å². The Morgan fingerprint density at radius 2 is 1.85 bits per heavy atom. The van der Waals surface area contributed by atoms with E-state index in [2.05, 4.69) is 10.6 Å². The zero-order valence-corrected chi connectivity index (χ0v) is 19.1. The van der Waals surface area contributed by atoms with Crippen LogP contribution in [-0.4, -0.2) is 32.4 Å². The van der Waals surface area contributed by atoms with Gasteiger partial charge in [0.05, 0.1) is 12.5 Å². The summed E-state index contributed by atoms with van der Waals surface area (Å²) in [5.41, 5.74) is 1.26. The highest BCUT2D eigenvalue weighted by Gasteiger charge is 2.24. The van der Waals surface area contributed by atoms with Gasteiger partial charge < -0.3 is 29.3 Å². The van der Waals surface area contributed by atoms with Gasteiger partial charge in [0.15, 0.2) is 22.7 Å². The van der Waals surface area contributed by atoms with Crippen LogP contribution in [0, 0.1) is 5.92 Å². The quantitative estimate of drug-likeness (QED) is 0.551. The first-order valence-electron chi connectivity index (χ1n) is 11.6. The Kier molecular flexibility index (Phi) is 6.40. The standard InChI is InChI=1S/C26H28N2O6/c1-31-19-7-8-20-21(29)12-25(34-23(20)11-19)26(30)28-18-5-2-16(3-6-18)13-27-14-17-4-9-22-24(10-17)33-15-32-22/h4,7-12,16,18,27H,2-3,5-6,13-15H2,1H3,(H,28,30). The van der Waals surface area contributed by atoms with Crippen molar-refractivity contribution in [2.75, 3.05) is 20.4 Å². The molecule has 8 heteroatoms. The van der Waals surface area contributed by atoms with Crippen molar-refractivity contribution >= 4 is 16.9 Å². The number of benzene rings is 2. The molecule has 2 heterocycles. The van der Waals surface area contributed by atoms with Gasteiger partial charge in [-0.3, -0.25) is 9.59 Å². The molecule has 2 N–H and O–H groups in total. The van der Waals surface area contributed by atoms with Gasteiger partial charge in [-0.05, 0) is 68.0 Å². The minimum Gasteiger partial charge on any atom is -0.497 e. The summed E-state index contributed by atoms with van der Waals surface area (Å²) in [4.78, 5) is 25.1. The lowest BCUT2D eigenvalue weighted by Crippen LogP contribution is -2.39. The summed E-state index contributed by atoms with van der Waals surface area (Å²) in [5.74, 6) is 2.40. The summed E-state index contributed by atoms with van der Waals surface area (Å²) in [6.45, 7) is 1.99. The zero-order valence-electron chi connectivity index (χ0n) is 19.1. The largest absolute Gasteiger partial charge is 0.497 e. The van der Waals surface area contributed by atoms with E-state index in [1.54, 1.807) is 25.3 Å². The van der Waals surface area contributed by atoms with Crippen LogP contribution in [0.3, 0.4) is 0 Å². The predicted molar refractivity (Wildman–Crippen MR) is 127 cm³/mol.